The molecular formula is C13H25N3O. The van der Waals surface area contributed by atoms with E-state index in [1.807, 2.05) is 11.6 Å². The van der Waals surface area contributed by atoms with Gasteiger partial charge in [0.2, 0.25) is 5.88 Å². The van der Waals surface area contributed by atoms with Crippen LogP contribution in [0.15, 0.2) is 0 Å². The summed E-state index contributed by atoms with van der Waals surface area (Å²) in [6.45, 7) is 9.00. The van der Waals surface area contributed by atoms with Crippen LogP contribution in [0, 0.1) is 6.92 Å². The molecule has 0 aliphatic carbocycles. The number of anilines is 1. The highest BCUT2D eigenvalue weighted by Gasteiger charge is 2.15. The SMILES string of the molecule is CCCCCCOc1c(N)c(C)nn1C(C)C. The molecule has 0 aliphatic heterocycles. The van der Waals surface area contributed by atoms with Crippen LogP contribution in [0.1, 0.15) is 58.2 Å². The van der Waals surface area contributed by atoms with Gasteiger partial charge >= 0.3 is 0 Å². The zero-order valence-corrected chi connectivity index (χ0v) is 11.5. The second-order valence-corrected chi connectivity index (χ2v) is 4.75. The highest BCUT2D eigenvalue weighted by molar-refractivity contribution is 5.52. The molecule has 0 fully saturated rings. The molecule has 98 valence electrons. The average molecular weight is 239 g/mol. The summed E-state index contributed by atoms with van der Waals surface area (Å²) in [6.07, 6.45) is 4.80. The molecule has 1 rings (SSSR count). The van der Waals surface area contributed by atoms with Crippen LogP contribution in [-0.2, 0) is 0 Å². The van der Waals surface area contributed by atoms with Crippen molar-refractivity contribution in [2.45, 2.75) is 59.4 Å². The minimum absolute atomic E-state index is 0.275. The van der Waals surface area contributed by atoms with Crippen LogP contribution in [-0.4, -0.2) is 16.4 Å². The first kappa shape index (κ1) is 13.9. The second-order valence-electron chi connectivity index (χ2n) is 4.75. The molecule has 0 amide bonds. The van der Waals surface area contributed by atoms with Crippen LogP contribution in [0.2, 0.25) is 0 Å². The summed E-state index contributed by atoms with van der Waals surface area (Å²) in [5.41, 5.74) is 7.50. The number of hydrogen-bond donors (Lipinski definition) is 1. The molecule has 0 atom stereocenters. The lowest BCUT2D eigenvalue weighted by atomic mass is 10.2. The van der Waals surface area contributed by atoms with Crippen molar-refractivity contribution in [1.29, 1.82) is 0 Å². The molecule has 0 aromatic carbocycles. The Bertz CT molecular complexity index is 345. The van der Waals surface area contributed by atoms with E-state index in [1.54, 1.807) is 0 Å². The molecule has 0 bridgehead atoms. The summed E-state index contributed by atoms with van der Waals surface area (Å²) < 4.78 is 7.64. The molecule has 0 saturated heterocycles. The Morgan fingerprint density at radius 1 is 1.29 bits per heavy atom. The van der Waals surface area contributed by atoms with Gasteiger partial charge in [-0.3, -0.25) is 0 Å². The Morgan fingerprint density at radius 2 is 2.00 bits per heavy atom. The van der Waals surface area contributed by atoms with Gasteiger partial charge in [0.1, 0.15) is 5.69 Å². The van der Waals surface area contributed by atoms with Gasteiger partial charge in [0.25, 0.3) is 0 Å². The Hall–Kier alpha value is -1.19. The molecule has 4 nitrogen and oxygen atoms in total. The van der Waals surface area contributed by atoms with Crippen molar-refractivity contribution in [3.63, 3.8) is 0 Å². The van der Waals surface area contributed by atoms with Gasteiger partial charge in [-0.1, -0.05) is 26.2 Å². The fourth-order valence-electron chi connectivity index (χ4n) is 1.73. The Kier molecular flexibility index (Phi) is 5.32. The van der Waals surface area contributed by atoms with Crippen LogP contribution in [0.4, 0.5) is 5.69 Å². The quantitative estimate of drug-likeness (QED) is 0.743. The summed E-state index contributed by atoms with van der Waals surface area (Å²) in [5.74, 6) is 0.731. The second kappa shape index (κ2) is 6.52. The van der Waals surface area contributed by atoms with Gasteiger partial charge in [-0.2, -0.15) is 5.10 Å². The van der Waals surface area contributed by atoms with Gasteiger partial charge in [-0.05, 0) is 27.2 Å². The summed E-state index contributed by atoms with van der Waals surface area (Å²) >= 11 is 0. The molecular weight excluding hydrogens is 214 g/mol. The van der Waals surface area contributed by atoms with Crippen molar-refractivity contribution >= 4 is 5.69 Å². The van der Waals surface area contributed by atoms with Crippen LogP contribution in [0.5, 0.6) is 5.88 Å². The van der Waals surface area contributed by atoms with Crippen molar-refractivity contribution in [3.05, 3.63) is 5.69 Å². The van der Waals surface area contributed by atoms with Crippen molar-refractivity contribution in [2.24, 2.45) is 0 Å². The number of rotatable bonds is 7. The number of hydrogen-bond acceptors (Lipinski definition) is 3. The van der Waals surface area contributed by atoms with E-state index in [0.29, 0.717) is 5.69 Å². The number of nitrogens with zero attached hydrogens (tertiary/aromatic N) is 2. The highest BCUT2D eigenvalue weighted by Crippen LogP contribution is 2.28. The molecule has 4 heteroatoms. The molecule has 17 heavy (non-hydrogen) atoms. The highest BCUT2D eigenvalue weighted by atomic mass is 16.5. The van der Waals surface area contributed by atoms with Gasteiger partial charge in [0.15, 0.2) is 0 Å². The zero-order valence-electron chi connectivity index (χ0n) is 11.5. The number of aryl methyl sites for hydroxylation is 1. The van der Waals surface area contributed by atoms with E-state index in [9.17, 15) is 0 Å². The van der Waals surface area contributed by atoms with E-state index in [1.165, 1.54) is 19.3 Å². The summed E-state index contributed by atoms with van der Waals surface area (Å²) in [7, 11) is 0. The molecule has 1 aromatic heterocycles. The third-order valence-corrected chi connectivity index (χ3v) is 2.81. The van der Waals surface area contributed by atoms with Crippen LogP contribution < -0.4 is 10.5 Å². The molecule has 0 radical (unpaired) electrons. The maximum absolute atomic E-state index is 5.97. The molecule has 1 heterocycles. The van der Waals surface area contributed by atoms with E-state index in [2.05, 4.69) is 25.9 Å². The minimum atomic E-state index is 0.275. The number of ether oxygens (including phenoxy) is 1. The predicted octanol–water partition coefficient (Wildman–Crippen LogP) is 3.31. The normalized spacial score (nSPS) is 11.1. The van der Waals surface area contributed by atoms with Crippen molar-refractivity contribution in [1.82, 2.24) is 9.78 Å². The van der Waals surface area contributed by atoms with Gasteiger partial charge in [0, 0.05) is 0 Å². The van der Waals surface area contributed by atoms with E-state index in [0.717, 1.165) is 24.6 Å². The van der Waals surface area contributed by atoms with Crippen LogP contribution >= 0.6 is 0 Å². The molecule has 0 spiro atoms. The monoisotopic (exact) mass is 239 g/mol. The third-order valence-electron chi connectivity index (χ3n) is 2.81. The first-order valence-electron chi connectivity index (χ1n) is 6.55. The summed E-state index contributed by atoms with van der Waals surface area (Å²) in [5, 5.41) is 4.39. The minimum Gasteiger partial charge on any atom is -0.476 e. The number of nitrogen functional groups attached to an aromatic ring is 1. The first-order valence-corrected chi connectivity index (χ1v) is 6.55. The first-order chi connectivity index (χ1) is 8.07. The number of aromatic nitrogens is 2. The fourth-order valence-corrected chi connectivity index (χ4v) is 1.73. The topological polar surface area (TPSA) is 53.1 Å². The zero-order chi connectivity index (χ0) is 12.8. The lowest BCUT2D eigenvalue weighted by Gasteiger charge is -2.12. The van der Waals surface area contributed by atoms with E-state index < -0.39 is 0 Å². The number of unbranched alkanes of at least 4 members (excludes halogenated alkanes) is 3. The fraction of sp³-hybridized carbons (Fsp3) is 0.769. The molecule has 0 aliphatic rings. The standard InChI is InChI=1S/C13H25N3O/c1-5-6-7-8-9-17-13-12(14)11(4)15-16(13)10(2)3/h10H,5-9,14H2,1-4H3. The smallest absolute Gasteiger partial charge is 0.236 e. The predicted molar refractivity (Wildman–Crippen MR) is 71.4 cm³/mol. The molecule has 0 unspecified atom stereocenters. The van der Waals surface area contributed by atoms with Gasteiger partial charge < -0.3 is 10.5 Å². The average Bonchev–Trinajstić information content (AvgIpc) is 2.57. The van der Waals surface area contributed by atoms with Crippen molar-refractivity contribution in [3.8, 4) is 5.88 Å². The lowest BCUT2D eigenvalue weighted by Crippen LogP contribution is -2.09. The lowest BCUT2D eigenvalue weighted by molar-refractivity contribution is 0.268. The van der Waals surface area contributed by atoms with Crippen molar-refractivity contribution < 1.29 is 4.74 Å². The molecule has 2 N–H and O–H groups in total. The largest absolute Gasteiger partial charge is 0.476 e. The Labute approximate surface area is 104 Å². The van der Waals surface area contributed by atoms with Crippen molar-refractivity contribution in [2.75, 3.05) is 12.3 Å². The Morgan fingerprint density at radius 3 is 2.59 bits per heavy atom. The molecule has 0 saturated carbocycles. The van der Waals surface area contributed by atoms with E-state index in [-0.39, 0.29) is 6.04 Å². The van der Waals surface area contributed by atoms with Crippen LogP contribution in [0.3, 0.4) is 0 Å². The number of nitrogens with two attached hydrogens (primary N) is 1. The van der Waals surface area contributed by atoms with E-state index in [4.69, 9.17) is 10.5 Å². The third kappa shape index (κ3) is 3.65. The molecule has 1 aromatic rings. The van der Waals surface area contributed by atoms with Gasteiger partial charge in [-0.25, -0.2) is 4.68 Å². The van der Waals surface area contributed by atoms with Crippen LogP contribution in [0.25, 0.3) is 0 Å². The summed E-state index contributed by atoms with van der Waals surface area (Å²) in [6, 6.07) is 0.275. The van der Waals surface area contributed by atoms with Gasteiger partial charge in [-0.15, -0.1) is 0 Å². The van der Waals surface area contributed by atoms with Gasteiger partial charge in [0.05, 0.1) is 18.3 Å². The van der Waals surface area contributed by atoms with E-state index >= 15 is 0 Å². The maximum Gasteiger partial charge on any atom is 0.236 e. The Balaban J connectivity index is 2.57. The summed E-state index contributed by atoms with van der Waals surface area (Å²) in [4.78, 5) is 0. The maximum atomic E-state index is 5.97.